The van der Waals surface area contributed by atoms with Gasteiger partial charge < -0.3 is 19.9 Å². The van der Waals surface area contributed by atoms with Crippen LogP contribution in [0.5, 0.6) is 5.75 Å². The van der Waals surface area contributed by atoms with Crippen LogP contribution in [0, 0.1) is 0 Å². The number of likely N-dealkylation sites (N-methyl/N-ethyl adjacent to an activating group) is 1. The summed E-state index contributed by atoms with van der Waals surface area (Å²) < 4.78 is 10.3. The highest BCUT2D eigenvalue weighted by atomic mass is 16.5. The largest absolute Gasteiger partial charge is 0.497 e. The van der Waals surface area contributed by atoms with Crippen LogP contribution in [0.2, 0.25) is 0 Å². The van der Waals surface area contributed by atoms with Crippen LogP contribution < -0.4 is 10.5 Å². The van der Waals surface area contributed by atoms with E-state index in [0.717, 1.165) is 11.3 Å². The highest BCUT2D eigenvalue weighted by Crippen LogP contribution is 2.21. The highest BCUT2D eigenvalue weighted by molar-refractivity contribution is 5.54. The fourth-order valence-corrected chi connectivity index (χ4v) is 1.71. The van der Waals surface area contributed by atoms with Gasteiger partial charge in [0.25, 0.3) is 5.89 Å². The van der Waals surface area contributed by atoms with Crippen LogP contribution in [0.1, 0.15) is 11.9 Å². The average molecular weight is 262 g/mol. The molecule has 0 aliphatic heterocycles. The van der Waals surface area contributed by atoms with Crippen molar-refractivity contribution in [3.8, 4) is 17.2 Å². The summed E-state index contributed by atoms with van der Waals surface area (Å²) in [5, 5.41) is 3.92. The number of benzene rings is 1. The van der Waals surface area contributed by atoms with Gasteiger partial charge in [0.1, 0.15) is 5.75 Å². The van der Waals surface area contributed by atoms with Gasteiger partial charge in [-0.1, -0.05) is 5.16 Å². The Balaban J connectivity index is 2.15. The van der Waals surface area contributed by atoms with Gasteiger partial charge in [-0.25, -0.2) is 0 Å². The van der Waals surface area contributed by atoms with Crippen molar-refractivity contribution < 1.29 is 9.26 Å². The Morgan fingerprint density at radius 2 is 2.00 bits per heavy atom. The number of ether oxygens (including phenoxy) is 1. The van der Waals surface area contributed by atoms with E-state index in [9.17, 15) is 0 Å². The van der Waals surface area contributed by atoms with E-state index >= 15 is 0 Å². The molecule has 0 bridgehead atoms. The van der Waals surface area contributed by atoms with Crippen molar-refractivity contribution in [2.75, 3.05) is 27.7 Å². The predicted octanol–water partition coefficient (Wildman–Crippen LogP) is 1.31. The lowest BCUT2D eigenvalue weighted by Crippen LogP contribution is -2.26. The Morgan fingerprint density at radius 1 is 1.32 bits per heavy atom. The molecule has 0 fully saturated rings. The van der Waals surface area contributed by atoms with Crippen molar-refractivity contribution in [2.24, 2.45) is 5.73 Å². The molecule has 1 atom stereocenters. The van der Waals surface area contributed by atoms with Gasteiger partial charge in [-0.2, -0.15) is 4.98 Å². The van der Waals surface area contributed by atoms with Crippen LogP contribution in [-0.2, 0) is 0 Å². The smallest absolute Gasteiger partial charge is 0.257 e. The molecule has 1 aromatic heterocycles. The van der Waals surface area contributed by atoms with Crippen LogP contribution in [-0.4, -0.2) is 42.8 Å². The van der Waals surface area contributed by atoms with Gasteiger partial charge in [0.15, 0.2) is 5.82 Å². The third-order valence-corrected chi connectivity index (χ3v) is 2.67. The van der Waals surface area contributed by atoms with E-state index in [1.165, 1.54) is 0 Å². The summed E-state index contributed by atoms with van der Waals surface area (Å²) in [6.07, 6.45) is 0. The fourth-order valence-electron chi connectivity index (χ4n) is 1.71. The molecule has 0 radical (unpaired) electrons. The lowest BCUT2D eigenvalue weighted by atomic mass is 10.2. The molecule has 0 aliphatic rings. The quantitative estimate of drug-likeness (QED) is 0.875. The zero-order chi connectivity index (χ0) is 13.8. The van der Waals surface area contributed by atoms with E-state index in [1.807, 2.05) is 43.3 Å². The van der Waals surface area contributed by atoms with E-state index in [0.29, 0.717) is 18.3 Å². The molecule has 0 saturated carbocycles. The Labute approximate surface area is 112 Å². The number of aromatic nitrogens is 2. The first-order valence-electron chi connectivity index (χ1n) is 5.98. The van der Waals surface area contributed by atoms with Crippen LogP contribution in [0.4, 0.5) is 0 Å². The van der Waals surface area contributed by atoms with Crippen molar-refractivity contribution in [1.29, 1.82) is 0 Å². The number of methoxy groups -OCH3 is 1. The SMILES string of the molecule is COc1ccc(-c2nc(C(N)CN(C)C)no2)cc1. The summed E-state index contributed by atoms with van der Waals surface area (Å²) in [4.78, 5) is 6.30. The molecular formula is C13H18N4O2. The summed E-state index contributed by atoms with van der Waals surface area (Å²) in [7, 11) is 5.52. The minimum Gasteiger partial charge on any atom is -0.497 e. The van der Waals surface area contributed by atoms with Gasteiger partial charge in [0, 0.05) is 12.1 Å². The van der Waals surface area contributed by atoms with E-state index in [2.05, 4.69) is 10.1 Å². The summed E-state index contributed by atoms with van der Waals surface area (Å²) in [6, 6.07) is 7.17. The lowest BCUT2D eigenvalue weighted by molar-refractivity contribution is 0.357. The second kappa shape index (κ2) is 5.81. The third kappa shape index (κ3) is 3.30. The van der Waals surface area contributed by atoms with E-state index in [-0.39, 0.29) is 6.04 Å². The molecule has 19 heavy (non-hydrogen) atoms. The summed E-state index contributed by atoms with van der Waals surface area (Å²) >= 11 is 0. The van der Waals surface area contributed by atoms with Gasteiger partial charge in [-0.15, -0.1) is 0 Å². The first kappa shape index (κ1) is 13.5. The summed E-state index contributed by atoms with van der Waals surface area (Å²) in [5.41, 5.74) is 6.83. The number of hydrogen-bond acceptors (Lipinski definition) is 6. The number of nitrogens with two attached hydrogens (primary N) is 1. The maximum atomic E-state index is 5.99. The molecule has 102 valence electrons. The number of nitrogens with zero attached hydrogens (tertiary/aromatic N) is 3. The van der Waals surface area contributed by atoms with Gasteiger partial charge in [0.2, 0.25) is 0 Å². The Kier molecular flexibility index (Phi) is 4.13. The molecule has 1 unspecified atom stereocenters. The number of rotatable bonds is 5. The van der Waals surface area contributed by atoms with Crippen molar-refractivity contribution in [3.63, 3.8) is 0 Å². The summed E-state index contributed by atoms with van der Waals surface area (Å²) in [6.45, 7) is 0.668. The molecule has 2 N–H and O–H groups in total. The van der Waals surface area contributed by atoms with Crippen LogP contribution in [0.25, 0.3) is 11.5 Å². The molecule has 6 heteroatoms. The molecule has 0 saturated heterocycles. The second-order valence-corrected chi connectivity index (χ2v) is 4.55. The molecule has 6 nitrogen and oxygen atoms in total. The second-order valence-electron chi connectivity index (χ2n) is 4.55. The fraction of sp³-hybridized carbons (Fsp3) is 0.385. The average Bonchev–Trinajstić information content (AvgIpc) is 2.88. The molecule has 1 heterocycles. The lowest BCUT2D eigenvalue weighted by Gasteiger charge is -2.12. The molecule has 0 spiro atoms. The zero-order valence-corrected chi connectivity index (χ0v) is 11.3. The van der Waals surface area contributed by atoms with Crippen molar-refractivity contribution in [3.05, 3.63) is 30.1 Å². The zero-order valence-electron chi connectivity index (χ0n) is 11.3. The Morgan fingerprint density at radius 3 is 2.58 bits per heavy atom. The number of hydrogen-bond donors (Lipinski definition) is 1. The van der Waals surface area contributed by atoms with Crippen LogP contribution in [0.15, 0.2) is 28.8 Å². The Hall–Kier alpha value is -1.92. The topological polar surface area (TPSA) is 77.4 Å². The minimum absolute atomic E-state index is 0.259. The maximum absolute atomic E-state index is 5.99. The normalized spacial score (nSPS) is 12.7. The van der Waals surface area contributed by atoms with E-state index in [1.54, 1.807) is 7.11 Å². The van der Waals surface area contributed by atoms with Crippen molar-refractivity contribution >= 4 is 0 Å². The molecular weight excluding hydrogens is 244 g/mol. The van der Waals surface area contributed by atoms with Crippen LogP contribution >= 0.6 is 0 Å². The van der Waals surface area contributed by atoms with E-state index < -0.39 is 0 Å². The maximum Gasteiger partial charge on any atom is 0.257 e. The first-order valence-corrected chi connectivity index (χ1v) is 5.98. The van der Waals surface area contributed by atoms with Crippen molar-refractivity contribution in [1.82, 2.24) is 15.0 Å². The van der Waals surface area contributed by atoms with Gasteiger partial charge in [-0.3, -0.25) is 0 Å². The molecule has 2 aromatic rings. The molecule has 1 aromatic carbocycles. The van der Waals surface area contributed by atoms with Crippen LogP contribution in [0.3, 0.4) is 0 Å². The Bertz CT molecular complexity index is 522. The first-order chi connectivity index (χ1) is 9.10. The third-order valence-electron chi connectivity index (χ3n) is 2.67. The monoisotopic (exact) mass is 262 g/mol. The van der Waals surface area contributed by atoms with Gasteiger partial charge >= 0.3 is 0 Å². The summed E-state index contributed by atoms with van der Waals surface area (Å²) in [5.74, 6) is 1.76. The molecule has 0 aliphatic carbocycles. The molecule has 2 rings (SSSR count). The van der Waals surface area contributed by atoms with Crippen molar-refractivity contribution in [2.45, 2.75) is 6.04 Å². The van der Waals surface area contributed by atoms with Gasteiger partial charge in [-0.05, 0) is 38.4 Å². The highest BCUT2D eigenvalue weighted by Gasteiger charge is 2.15. The van der Waals surface area contributed by atoms with Gasteiger partial charge in [0.05, 0.1) is 13.2 Å². The van der Waals surface area contributed by atoms with E-state index in [4.69, 9.17) is 15.0 Å². The minimum atomic E-state index is -0.259. The molecule has 0 amide bonds. The standard InChI is InChI=1S/C13H18N4O2/c1-17(2)8-11(14)12-15-13(19-16-12)9-4-6-10(18-3)7-5-9/h4-7,11H,8,14H2,1-3H3. The predicted molar refractivity (Wildman–Crippen MR) is 71.8 cm³/mol.